The van der Waals surface area contributed by atoms with Crippen LogP contribution < -0.4 is 10.1 Å². The molecule has 11 heteroatoms. The molecule has 0 aliphatic carbocycles. The van der Waals surface area contributed by atoms with Gasteiger partial charge in [-0.3, -0.25) is 19.4 Å². The zero-order chi connectivity index (χ0) is 24.6. The Kier molecular flexibility index (Phi) is 8.67. The van der Waals surface area contributed by atoms with Crippen molar-refractivity contribution >= 4 is 40.1 Å². The van der Waals surface area contributed by atoms with Gasteiger partial charge < -0.3 is 14.8 Å². The Labute approximate surface area is 206 Å². The quantitative estimate of drug-likeness (QED) is 0.562. The fourth-order valence-electron chi connectivity index (χ4n) is 3.71. The number of hydrogen-bond acceptors (Lipinski definition) is 7. The van der Waals surface area contributed by atoms with E-state index in [-0.39, 0.29) is 24.0 Å². The van der Waals surface area contributed by atoms with Gasteiger partial charge in [0.05, 0.1) is 18.9 Å². The van der Waals surface area contributed by atoms with Crippen molar-refractivity contribution in [3.63, 3.8) is 0 Å². The molecule has 2 aromatic rings. The molecule has 2 aliphatic rings. The molecule has 2 saturated heterocycles. The van der Waals surface area contributed by atoms with E-state index in [1.807, 2.05) is 18.2 Å². The second-order valence-electron chi connectivity index (χ2n) is 7.94. The lowest BCUT2D eigenvalue weighted by Crippen LogP contribution is -2.43. The fraction of sp³-hybridized carbons (Fsp3) is 0.375. The van der Waals surface area contributed by atoms with Gasteiger partial charge in [-0.2, -0.15) is 8.78 Å². The number of carbonyl (C=O) groups excluding carboxylic acids is 2. The number of nitrogens with one attached hydrogen (secondary N) is 1. The number of halogens is 2. The van der Waals surface area contributed by atoms with E-state index in [0.29, 0.717) is 42.8 Å². The Bertz CT molecular complexity index is 1030. The summed E-state index contributed by atoms with van der Waals surface area (Å²) < 4.78 is 34.6. The molecule has 0 saturated carbocycles. The maximum absolute atomic E-state index is 13.2. The Balaban J connectivity index is 1.46. The third-order valence-corrected chi connectivity index (χ3v) is 6.65. The van der Waals surface area contributed by atoms with E-state index >= 15 is 0 Å². The highest BCUT2D eigenvalue weighted by atomic mass is 32.2. The number of benzene rings is 2. The molecule has 2 amide bonds. The number of thioether (sulfide) groups is 1. The molecule has 1 atom stereocenters. The third-order valence-electron chi connectivity index (χ3n) is 5.48. The highest BCUT2D eigenvalue weighted by Gasteiger charge is 2.39. The summed E-state index contributed by atoms with van der Waals surface area (Å²) in [7, 11) is 0. The van der Waals surface area contributed by atoms with Crippen molar-refractivity contribution < 1.29 is 27.8 Å². The first-order valence-electron chi connectivity index (χ1n) is 11.2. The van der Waals surface area contributed by atoms with Gasteiger partial charge in [0, 0.05) is 38.3 Å². The predicted molar refractivity (Wildman–Crippen MR) is 130 cm³/mol. The topological polar surface area (TPSA) is 83.5 Å². The van der Waals surface area contributed by atoms with Crippen LogP contribution >= 0.6 is 11.8 Å². The average molecular weight is 505 g/mol. The van der Waals surface area contributed by atoms with Gasteiger partial charge in [-0.25, -0.2) is 4.99 Å². The van der Waals surface area contributed by atoms with Gasteiger partial charge in [-0.15, -0.1) is 0 Å². The molecule has 0 radical (unpaired) electrons. The van der Waals surface area contributed by atoms with Crippen molar-refractivity contribution in [1.29, 1.82) is 0 Å². The minimum atomic E-state index is -2.91. The van der Waals surface area contributed by atoms with Crippen LogP contribution in [0.5, 0.6) is 5.75 Å². The first kappa shape index (κ1) is 25.1. The molecule has 35 heavy (non-hydrogen) atoms. The van der Waals surface area contributed by atoms with Crippen LogP contribution in [0.2, 0.25) is 0 Å². The lowest BCUT2D eigenvalue weighted by molar-refractivity contribution is -0.128. The van der Waals surface area contributed by atoms with Gasteiger partial charge in [0.15, 0.2) is 5.17 Å². The molecule has 0 bridgehead atoms. The first-order chi connectivity index (χ1) is 17.0. The van der Waals surface area contributed by atoms with Crippen LogP contribution in [0, 0.1) is 0 Å². The first-order valence-corrected chi connectivity index (χ1v) is 12.1. The van der Waals surface area contributed by atoms with Gasteiger partial charge >= 0.3 is 6.61 Å². The number of aliphatic imine (C=N–C) groups is 1. The van der Waals surface area contributed by atoms with Crippen molar-refractivity contribution in [3.8, 4) is 5.75 Å². The van der Waals surface area contributed by atoms with Crippen LogP contribution in [0.25, 0.3) is 0 Å². The predicted octanol–water partition coefficient (Wildman–Crippen LogP) is 3.58. The van der Waals surface area contributed by atoms with Crippen molar-refractivity contribution in [2.24, 2.45) is 4.99 Å². The Morgan fingerprint density at radius 1 is 1.11 bits per heavy atom. The number of anilines is 1. The largest absolute Gasteiger partial charge is 0.435 e. The number of morpholine rings is 1. The maximum atomic E-state index is 13.2. The molecule has 2 aromatic carbocycles. The number of ether oxygens (including phenoxy) is 2. The zero-order valence-corrected chi connectivity index (χ0v) is 19.8. The highest BCUT2D eigenvalue weighted by Crippen LogP contribution is 2.32. The van der Waals surface area contributed by atoms with Crippen LogP contribution in [0.3, 0.4) is 0 Å². The van der Waals surface area contributed by atoms with Crippen molar-refractivity contribution in [3.05, 3.63) is 54.6 Å². The lowest BCUT2D eigenvalue weighted by Gasteiger charge is -2.28. The number of para-hydroxylation sites is 1. The minimum Gasteiger partial charge on any atom is -0.435 e. The molecule has 2 heterocycles. The van der Waals surface area contributed by atoms with Crippen LogP contribution in [-0.4, -0.2) is 78.0 Å². The summed E-state index contributed by atoms with van der Waals surface area (Å²) in [6.07, 6.45) is 0.00658. The number of carbonyl (C=O) groups is 2. The summed E-state index contributed by atoms with van der Waals surface area (Å²) in [5.41, 5.74) is 1.16. The average Bonchev–Trinajstić information content (AvgIpc) is 3.13. The number of alkyl halides is 2. The van der Waals surface area contributed by atoms with Gasteiger partial charge in [-0.05, 0) is 36.4 Å². The van der Waals surface area contributed by atoms with Gasteiger partial charge in [-0.1, -0.05) is 30.0 Å². The Hall–Kier alpha value is -3.02. The molecule has 4 rings (SSSR count). The van der Waals surface area contributed by atoms with Crippen LogP contribution in [0.1, 0.15) is 6.42 Å². The molecule has 0 aromatic heterocycles. The van der Waals surface area contributed by atoms with E-state index in [1.54, 1.807) is 29.2 Å². The molecule has 2 aliphatic heterocycles. The summed E-state index contributed by atoms with van der Waals surface area (Å²) in [6.45, 7) is 1.05. The van der Waals surface area contributed by atoms with Crippen LogP contribution in [0.15, 0.2) is 59.6 Å². The molecule has 2 fully saturated rings. The summed E-state index contributed by atoms with van der Waals surface area (Å²) in [6, 6.07) is 15.0. The summed E-state index contributed by atoms with van der Waals surface area (Å²) in [5.74, 6) is -0.411. The molecule has 186 valence electrons. The summed E-state index contributed by atoms with van der Waals surface area (Å²) >= 11 is 1.23. The third kappa shape index (κ3) is 7.23. The molecular weight excluding hydrogens is 478 g/mol. The van der Waals surface area contributed by atoms with Crippen LogP contribution in [-0.2, 0) is 14.3 Å². The lowest BCUT2D eigenvalue weighted by atomic mass is 10.2. The van der Waals surface area contributed by atoms with Gasteiger partial charge in [0.2, 0.25) is 11.8 Å². The van der Waals surface area contributed by atoms with E-state index in [1.165, 1.54) is 23.9 Å². The van der Waals surface area contributed by atoms with E-state index in [9.17, 15) is 18.4 Å². The minimum absolute atomic E-state index is 0.00658. The molecule has 0 unspecified atom stereocenters. The highest BCUT2D eigenvalue weighted by molar-refractivity contribution is 8.15. The van der Waals surface area contributed by atoms with Gasteiger partial charge in [0.1, 0.15) is 11.0 Å². The molecule has 1 N–H and O–H groups in total. The van der Waals surface area contributed by atoms with E-state index in [4.69, 9.17) is 4.74 Å². The fourth-order valence-corrected chi connectivity index (χ4v) is 4.90. The van der Waals surface area contributed by atoms with E-state index in [2.05, 4.69) is 19.9 Å². The van der Waals surface area contributed by atoms with Gasteiger partial charge in [0.25, 0.3) is 0 Å². The Morgan fingerprint density at radius 3 is 2.51 bits per heavy atom. The van der Waals surface area contributed by atoms with E-state index in [0.717, 1.165) is 13.1 Å². The maximum Gasteiger partial charge on any atom is 0.387 e. The second kappa shape index (κ2) is 12.1. The zero-order valence-electron chi connectivity index (χ0n) is 18.9. The molecule has 0 spiro atoms. The number of nitrogens with zero attached hydrogens (tertiary/aromatic N) is 3. The van der Waals surface area contributed by atoms with E-state index < -0.39 is 11.9 Å². The standard InChI is InChI=1S/C24H26F2N4O4S/c25-23(26)34-19-8-6-18(7-9-19)28-24-30(11-10-29-12-14-33-15-13-29)22(32)20(35-24)16-21(31)27-17-4-2-1-3-5-17/h1-9,20,23H,10-16H2,(H,27,31)/t20-/m1/s1. The van der Waals surface area contributed by atoms with Crippen molar-refractivity contribution in [2.75, 3.05) is 44.7 Å². The molecule has 8 nitrogen and oxygen atoms in total. The SMILES string of the molecule is O=C(C[C@H]1SC(=Nc2ccc(OC(F)F)cc2)N(CCN2CCOCC2)C1=O)Nc1ccccc1. The monoisotopic (exact) mass is 504 g/mol. The van der Waals surface area contributed by atoms with Crippen LogP contribution in [0.4, 0.5) is 20.2 Å². The number of amides is 2. The Morgan fingerprint density at radius 2 is 1.83 bits per heavy atom. The van der Waals surface area contributed by atoms with Crippen molar-refractivity contribution in [2.45, 2.75) is 18.3 Å². The summed E-state index contributed by atoms with van der Waals surface area (Å²) in [5, 5.41) is 2.68. The smallest absolute Gasteiger partial charge is 0.387 e. The molecular formula is C24H26F2N4O4S. The number of amidine groups is 1. The number of rotatable bonds is 9. The second-order valence-corrected chi connectivity index (χ2v) is 9.11. The summed E-state index contributed by atoms with van der Waals surface area (Å²) in [4.78, 5) is 34.2. The number of hydrogen-bond donors (Lipinski definition) is 1. The van der Waals surface area contributed by atoms with Crippen molar-refractivity contribution in [1.82, 2.24) is 9.80 Å². The normalized spacial score (nSPS) is 20.0.